The number of nitrogens with zero attached hydrogens (tertiary/aromatic N) is 1. The first-order chi connectivity index (χ1) is 8.27. The van der Waals surface area contributed by atoms with E-state index < -0.39 is 11.4 Å². The fourth-order valence-electron chi connectivity index (χ4n) is 1.21. The van der Waals surface area contributed by atoms with Crippen molar-refractivity contribution < 1.29 is 19.4 Å². The van der Waals surface area contributed by atoms with Gasteiger partial charge in [-0.3, -0.25) is 4.79 Å². The minimum atomic E-state index is -0.968. The molecule has 0 spiro atoms. The second-order valence-electron chi connectivity index (χ2n) is 4.36. The molecule has 1 heterocycles. The lowest BCUT2D eigenvalue weighted by Crippen LogP contribution is -2.28. The quantitative estimate of drug-likeness (QED) is 0.662. The molecule has 0 saturated carbocycles. The number of carboxylic acids is 1. The third-order valence-electron chi connectivity index (χ3n) is 2.27. The number of aromatic nitrogens is 1. The van der Waals surface area contributed by atoms with Gasteiger partial charge in [-0.05, 0) is 20.8 Å². The molecule has 18 heavy (non-hydrogen) atoms. The molecule has 0 amide bonds. The van der Waals surface area contributed by atoms with E-state index in [4.69, 9.17) is 9.84 Å². The molecule has 0 aromatic carbocycles. The highest BCUT2D eigenvalue weighted by Crippen LogP contribution is 2.32. The standard InChI is InChI=1S/C11H15NO4S2/c1-6-7(8(13)14)18-10(12-6)17-5-11(2,3)9(15)16-4/h5H2,1-4H3,(H,13,14). The topological polar surface area (TPSA) is 76.5 Å². The van der Waals surface area contributed by atoms with E-state index in [2.05, 4.69) is 4.98 Å². The predicted molar refractivity (Wildman–Crippen MR) is 70.3 cm³/mol. The van der Waals surface area contributed by atoms with Crippen molar-refractivity contribution in [3.05, 3.63) is 10.6 Å². The third-order valence-corrected chi connectivity index (χ3v) is 5.01. The molecule has 0 atom stereocenters. The Bertz CT molecular complexity index is 468. The van der Waals surface area contributed by atoms with Crippen molar-refractivity contribution in [1.82, 2.24) is 4.98 Å². The normalized spacial score (nSPS) is 11.3. The first kappa shape index (κ1) is 15.0. The number of hydrogen-bond acceptors (Lipinski definition) is 6. The van der Waals surface area contributed by atoms with E-state index in [-0.39, 0.29) is 10.8 Å². The second-order valence-corrected chi connectivity index (χ2v) is 6.59. The summed E-state index contributed by atoms with van der Waals surface area (Å²) in [5, 5.41) is 8.92. The number of carboxylic acid groups (broad SMARTS) is 1. The zero-order valence-corrected chi connectivity index (χ0v) is 12.3. The highest BCUT2D eigenvalue weighted by molar-refractivity contribution is 8.01. The van der Waals surface area contributed by atoms with Crippen LogP contribution in [0.15, 0.2) is 4.34 Å². The average Bonchev–Trinajstić information content (AvgIpc) is 2.67. The van der Waals surface area contributed by atoms with Gasteiger partial charge in [-0.25, -0.2) is 9.78 Å². The molecule has 0 bridgehead atoms. The van der Waals surface area contributed by atoms with Crippen LogP contribution < -0.4 is 0 Å². The predicted octanol–water partition coefficient (Wildman–Crippen LogP) is 2.44. The molecule has 0 unspecified atom stereocenters. The molecular weight excluding hydrogens is 274 g/mol. The molecule has 0 fully saturated rings. The Morgan fingerprint density at radius 1 is 1.50 bits per heavy atom. The van der Waals surface area contributed by atoms with Gasteiger partial charge in [0.2, 0.25) is 0 Å². The van der Waals surface area contributed by atoms with Crippen LogP contribution in [0.5, 0.6) is 0 Å². The van der Waals surface area contributed by atoms with Crippen molar-refractivity contribution in [2.24, 2.45) is 5.41 Å². The molecule has 100 valence electrons. The average molecular weight is 289 g/mol. The van der Waals surface area contributed by atoms with Crippen LogP contribution in [0.2, 0.25) is 0 Å². The summed E-state index contributed by atoms with van der Waals surface area (Å²) in [6, 6.07) is 0. The molecule has 0 saturated heterocycles. The number of ether oxygens (including phenoxy) is 1. The van der Waals surface area contributed by atoms with Gasteiger partial charge in [0.25, 0.3) is 0 Å². The molecule has 0 radical (unpaired) electrons. The molecule has 0 aliphatic rings. The van der Waals surface area contributed by atoms with E-state index in [1.165, 1.54) is 18.9 Å². The number of thioether (sulfide) groups is 1. The summed E-state index contributed by atoms with van der Waals surface area (Å²) in [4.78, 5) is 26.8. The van der Waals surface area contributed by atoms with Crippen LogP contribution in [-0.4, -0.2) is 34.9 Å². The number of carbonyl (C=O) groups is 2. The number of aryl methyl sites for hydroxylation is 1. The fourth-order valence-corrected chi connectivity index (χ4v) is 3.31. The van der Waals surface area contributed by atoms with E-state index in [0.717, 1.165) is 11.3 Å². The number of esters is 1. The number of rotatable bonds is 5. The summed E-state index contributed by atoms with van der Waals surface area (Å²) < 4.78 is 5.36. The number of aromatic carboxylic acids is 1. The molecule has 1 N–H and O–H groups in total. The third kappa shape index (κ3) is 3.46. The van der Waals surface area contributed by atoms with Crippen LogP contribution >= 0.6 is 23.1 Å². The summed E-state index contributed by atoms with van der Waals surface area (Å²) in [5.41, 5.74) is -0.117. The van der Waals surface area contributed by atoms with Gasteiger partial charge in [0.1, 0.15) is 4.88 Å². The van der Waals surface area contributed by atoms with E-state index in [0.29, 0.717) is 15.8 Å². The van der Waals surface area contributed by atoms with Gasteiger partial charge >= 0.3 is 11.9 Å². The largest absolute Gasteiger partial charge is 0.477 e. The van der Waals surface area contributed by atoms with Crippen LogP contribution in [0.1, 0.15) is 29.2 Å². The lowest BCUT2D eigenvalue weighted by molar-refractivity contribution is -0.149. The van der Waals surface area contributed by atoms with Crippen LogP contribution in [0.4, 0.5) is 0 Å². The van der Waals surface area contributed by atoms with Gasteiger partial charge in [-0.1, -0.05) is 11.8 Å². The maximum Gasteiger partial charge on any atom is 0.347 e. The highest BCUT2D eigenvalue weighted by atomic mass is 32.2. The molecule has 1 aromatic heterocycles. The van der Waals surface area contributed by atoms with Gasteiger partial charge in [-0.15, -0.1) is 11.3 Å². The van der Waals surface area contributed by atoms with Crippen LogP contribution in [0, 0.1) is 12.3 Å². The van der Waals surface area contributed by atoms with Crippen molar-refractivity contribution in [3.63, 3.8) is 0 Å². The van der Waals surface area contributed by atoms with Gasteiger partial charge in [0.05, 0.1) is 18.2 Å². The Morgan fingerprint density at radius 3 is 2.56 bits per heavy atom. The number of thiazole rings is 1. The Balaban J connectivity index is 2.72. The van der Waals surface area contributed by atoms with Crippen molar-refractivity contribution >= 4 is 35.0 Å². The molecule has 1 rings (SSSR count). The highest BCUT2D eigenvalue weighted by Gasteiger charge is 2.29. The lowest BCUT2D eigenvalue weighted by Gasteiger charge is -2.19. The van der Waals surface area contributed by atoms with Gasteiger partial charge < -0.3 is 9.84 Å². The minimum absolute atomic E-state index is 0.244. The fraction of sp³-hybridized carbons (Fsp3) is 0.545. The molecule has 5 nitrogen and oxygen atoms in total. The summed E-state index contributed by atoms with van der Waals surface area (Å²) in [6.07, 6.45) is 0. The zero-order valence-electron chi connectivity index (χ0n) is 10.6. The van der Waals surface area contributed by atoms with Crippen molar-refractivity contribution in [3.8, 4) is 0 Å². The van der Waals surface area contributed by atoms with Crippen LogP contribution in [0.3, 0.4) is 0 Å². The molecule has 1 aromatic rings. The first-order valence-corrected chi connectivity index (χ1v) is 7.00. The Labute approximate surface area is 114 Å². The summed E-state index contributed by atoms with van der Waals surface area (Å²) in [7, 11) is 1.35. The molecule has 7 heteroatoms. The van der Waals surface area contributed by atoms with Crippen LogP contribution in [0.25, 0.3) is 0 Å². The SMILES string of the molecule is COC(=O)C(C)(C)CSc1nc(C)c(C(=O)O)s1. The number of carbonyl (C=O) groups excluding carboxylic acids is 1. The van der Waals surface area contributed by atoms with Gasteiger partial charge in [-0.2, -0.15) is 0 Å². The maximum absolute atomic E-state index is 11.5. The Hall–Kier alpha value is -1.08. The van der Waals surface area contributed by atoms with Crippen LogP contribution in [-0.2, 0) is 9.53 Å². The summed E-state index contributed by atoms with van der Waals surface area (Å²) >= 11 is 2.49. The summed E-state index contributed by atoms with van der Waals surface area (Å²) in [5.74, 6) is -0.767. The zero-order chi connectivity index (χ0) is 13.9. The summed E-state index contributed by atoms with van der Waals surface area (Å²) in [6.45, 7) is 5.23. The van der Waals surface area contributed by atoms with Crippen molar-refractivity contribution in [2.75, 3.05) is 12.9 Å². The number of hydrogen-bond donors (Lipinski definition) is 1. The van der Waals surface area contributed by atoms with E-state index in [9.17, 15) is 9.59 Å². The van der Waals surface area contributed by atoms with E-state index >= 15 is 0 Å². The molecule has 0 aliphatic carbocycles. The smallest absolute Gasteiger partial charge is 0.347 e. The lowest BCUT2D eigenvalue weighted by atomic mass is 9.97. The maximum atomic E-state index is 11.5. The minimum Gasteiger partial charge on any atom is -0.477 e. The Morgan fingerprint density at radius 2 is 2.11 bits per heavy atom. The van der Waals surface area contributed by atoms with Gasteiger partial charge in [0.15, 0.2) is 4.34 Å². The van der Waals surface area contributed by atoms with Crippen molar-refractivity contribution in [2.45, 2.75) is 25.1 Å². The van der Waals surface area contributed by atoms with Gasteiger partial charge in [0, 0.05) is 5.75 Å². The van der Waals surface area contributed by atoms with Crippen molar-refractivity contribution in [1.29, 1.82) is 0 Å². The molecule has 0 aliphatic heterocycles. The molecular formula is C11H15NO4S2. The first-order valence-electron chi connectivity index (χ1n) is 5.20. The monoisotopic (exact) mass is 289 g/mol. The van der Waals surface area contributed by atoms with E-state index in [1.807, 2.05) is 0 Å². The number of methoxy groups -OCH3 is 1. The van der Waals surface area contributed by atoms with E-state index in [1.54, 1.807) is 20.8 Å². The second kappa shape index (κ2) is 5.71. The Kier molecular flexibility index (Phi) is 4.75.